The number of fused-ring (bicyclic) bond motifs is 4. The fraction of sp³-hybridized carbons (Fsp3) is 0.250. The molecule has 0 aromatic carbocycles. The minimum Gasteiger partial charge on any atom is -0.419 e. The van der Waals surface area contributed by atoms with Crippen LogP contribution >= 0.6 is 0 Å². The lowest BCUT2D eigenvalue weighted by Crippen LogP contribution is -2.05. The molecule has 4 heterocycles. The molecule has 0 unspecified atom stereocenters. The van der Waals surface area contributed by atoms with E-state index in [9.17, 15) is 0 Å². The number of hydrogen-bond acceptors (Lipinski definition) is 4. The maximum Gasteiger partial charge on any atom is 0.229 e. The van der Waals surface area contributed by atoms with Crippen molar-refractivity contribution >= 4 is 22.2 Å². The van der Waals surface area contributed by atoms with Gasteiger partial charge in [0.1, 0.15) is 0 Å². The second-order valence-corrected chi connectivity index (χ2v) is 6.49. The average Bonchev–Trinajstić information content (AvgIpc) is 2.97. The van der Waals surface area contributed by atoms with Gasteiger partial charge in [0.2, 0.25) is 11.4 Å². The maximum atomic E-state index is 5.79. The Morgan fingerprint density at radius 1 is 0.958 bits per heavy atom. The van der Waals surface area contributed by atoms with E-state index in [1.54, 1.807) is 0 Å². The van der Waals surface area contributed by atoms with Gasteiger partial charge in [-0.3, -0.25) is 4.98 Å². The van der Waals surface area contributed by atoms with Crippen molar-refractivity contribution in [3.05, 3.63) is 53.5 Å². The Hall–Kier alpha value is -2.75. The highest BCUT2D eigenvalue weighted by Gasteiger charge is 2.17. The number of aryl methyl sites for hydroxylation is 2. The van der Waals surface area contributed by atoms with E-state index in [4.69, 9.17) is 4.42 Å². The summed E-state index contributed by atoms with van der Waals surface area (Å²) < 4.78 is 5.79. The summed E-state index contributed by atoms with van der Waals surface area (Å²) in [5, 5.41) is 2.01. The molecule has 5 rings (SSSR count). The van der Waals surface area contributed by atoms with E-state index < -0.39 is 0 Å². The van der Waals surface area contributed by atoms with Crippen molar-refractivity contribution in [2.24, 2.45) is 0 Å². The van der Waals surface area contributed by atoms with Gasteiger partial charge in [-0.25, -0.2) is 9.97 Å². The fourth-order valence-electron chi connectivity index (χ4n) is 3.67. The lowest BCUT2D eigenvalue weighted by molar-refractivity contribution is 0.639. The topological polar surface area (TPSA) is 51.8 Å². The minimum absolute atomic E-state index is 0.636. The van der Waals surface area contributed by atoms with Crippen LogP contribution in [-0.4, -0.2) is 15.0 Å². The lowest BCUT2D eigenvalue weighted by Gasteiger charge is -2.18. The molecule has 0 aliphatic heterocycles. The van der Waals surface area contributed by atoms with Gasteiger partial charge >= 0.3 is 0 Å². The summed E-state index contributed by atoms with van der Waals surface area (Å²) in [6, 6.07) is 8.36. The molecule has 1 aliphatic carbocycles. The molecule has 0 N–H and O–H groups in total. The van der Waals surface area contributed by atoms with Crippen LogP contribution in [-0.2, 0) is 12.8 Å². The zero-order valence-corrected chi connectivity index (χ0v) is 13.5. The molecule has 0 saturated carbocycles. The summed E-state index contributed by atoms with van der Waals surface area (Å²) in [6.07, 6.45) is 8.54. The number of hydrogen-bond donors (Lipinski definition) is 0. The Kier molecular flexibility index (Phi) is 2.92. The molecule has 4 aromatic heterocycles. The first-order valence-electron chi connectivity index (χ1n) is 8.42. The molecule has 0 radical (unpaired) electrons. The predicted octanol–water partition coefficient (Wildman–Crippen LogP) is 4.63. The summed E-state index contributed by atoms with van der Waals surface area (Å²) in [4.78, 5) is 13.7. The SMILES string of the molecule is Cc1ccc2c(n1)oc1ncc(-c3nccc4c3CCCC4)cc12. The van der Waals surface area contributed by atoms with E-state index in [0.29, 0.717) is 11.4 Å². The van der Waals surface area contributed by atoms with Crippen LogP contribution in [0.1, 0.15) is 29.7 Å². The summed E-state index contributed by atoms with van der Waals surface area (Å²) >= 11 is 0. The average molecular weight is 315 g/mol. The predicted molar refractivity (Wildman–Crippen MR) is 93.9 cm³/mol. The van der Waals surface area contributed by atoms with Crippen molar-refractivity contribution in [1.82, 2.24) is 15.0 Å². The third-order valence-electron chi connectivity index (χ3n) is 4.88. The molecule has 4 heteroatoms. The van der Waals surface area contributed by atoms with Crippen LogP contribution in [0.4, 0.5) is 0 Å². The number of nitrogens with zero attached hydrogens (tertiary/aromatic N) is 3. The molecule has 0 spiro atoms. The highest BCUT2D eigenvalue weighted by molar-refractivity contribution is 6.03. The van der Waals surface area contributed by atoms with E-state index >= 15 is 0 Å². The molecular weight excluding hydrogens is 298 g/mol. The molecule has 0 bridgehead atoms. The summed E-state index contributed by atoms with van der Waals surface area (Å²) in [7, 11) is 0. The third kappa shape index (κ3) is 2.03. The van der Waals surface area contributed by atoms with Crippen LogP contribution in [0.25, 0.3) is 33.5 Å². The van der Waals surface area contributed by atoms with Crippen molar-refractivity contribution in [3.8, 4) is 11.3 Å². The maximum absolute atomic E-state index is 5.79. The zero-order valence-electron chi connectivity index (χ0n) is 13.5. The third-order valence-corrected chi connectivity index (χ3v) is 4.88. The van der Waals surface area contributed by atoms with E-state index in [2.05, 4.69) is 33.2 Å². The van der Waals surface area contributed by atoms with E-state index in [-0.39, 0.29) is 0 Å². The molecule has 24 heavy (non-hydrogen) atoms. The molecular formula is C20H17N3O. The quantitative estimate of drug-likeness (QED) is 0.514. The van der Waals surface area contributed by atoms with Gasteiger partial charge in [-0.05, 0) is 68.0 Å². The van der Waals surface area contributed by atoms with Crippen molar-refractivity contribution in [3.63, 3.8) is 0 Å². The molecule has 4 nitrogen and oxygen atoms in total. The second-order valence-electron chi connectivity index (χ2n) is 6.49. The van der Waals surface area contributed by atoms with Gasteiger partial charge in [-0.15, -0.1) is 0 Å². The Labute approximate surface area is 139 Å². The lowest BCUT2D eigenvalue weighted by atomic mass is 9.89. The van der Waals surface area contributed by atoms with Crippen LogP contribution in [0.3, 0.4) is 0 Å². The van der Waals surface area contributed by atoms with Crippen molar-refractivity contribution in [2.75, 3.05) is 0 Å². The van der Waals surface area contributed by atoms with E-state index in [0.717, 1.165) is 40.6 Å². The van der Waals surface area contributed by atoms with E-state index in [1.807, 2.05) is 25.4 Å². The van der Waals surface area contributed by atoms with Gasteiger partial charge in [0.25, 0.3) is 0 Å². The van der Waals surface area contributed by atoms with Crippen LogP contribution in [0, 0.1) is 6.92 Å². The van der Waals surface area contributed by atoms with Gasteiger partial charge < -0.3 is 4.42 Å². The summed E-state index contributed by atoms with van der Waals surface area (Å²) in [6.45, 7) is 1.96. The molecule has 0 amide bonds. The second kappa shape index (κ2) is 5.13. The largest absolute Gasteiger partial charge is 0.419 e. The highest BCUT2D eigenvalue weighted by Crippen LogP contribution is 2.33. The van der Waals surface area contributed by atoms with Gasteiger partial charge in [0.05, 0.1) is 11.1 Å². The van der Waals surface area contributed by atoms with Crippen LogP contribution < -0.4 is 0 Å². The van der Waals surface area contributed by atoms with Gasteiger partial charge in [0, 0.05) is 29.0 Å². The number of pyridine rings is 3. The molecule has 0 fully saturated rings. The summed E-state index contributed by atoms with van der Waals surface area (Å²) in [5.41, 5.74) is 7.17. The first-order valence-corrected chi connectivity index (χ1v) is 8.42. The Balaban J connectivity index is 1.75. The monoisotopic (exact) mass is 315 g/mol. The smallest absolute Gasteiger partial charge is 0.229 e. The van der Waals surface area contributed by atoms with E-state index in [1.165, 1.54) is 24.0 Å². The first-order chi connectivity index (χ1) is 11.8. The van der Waals surface area contributed by atoms with Crippen molar-refractivity contribution < 1.29 is 4.42 Å². The standard InChI is InChI=1S/C20H17N3O/c1-12-6-7-16-17-10-14(11-22-19(17)24-20(16)23-12)18-15-5-3-2-4-13(15)8-9-21-18/h6-11H,2-5H2,1H3. The molecule has 118 valence electrons. The number of furan rings is 1. The van der Waals surface area contributed by atoms with Crippen LogP contribution in [0.15, 0.2) is 41.1 Å². The van der Waals surface area contributed by atoms with Gasteiger partial charge in [-0.1, -0.05) is 0 Å². The number of aromatic nitrogens is 3. The normalized spacial score (nSPS) is 14.2. The Morgan fingerprint density at radius 3 is 2.83 bits per heavy atom. The van der Waals surface area contributed by atoms with Gasteiger partial charge in [0.15, 0.2) is 0 Å². The molecule has 0 atom stereocenters. The number of rotatable bonds is 1. The van der Waals surface area contributed by atoms with Crippen molar-refractivity contribution in [1.29, 1.82) is 0 Å². The first kappa shape index (κ1) is 13.7. The Morgan fingerprint density at radius 2 is 1.88 bits per heavy atom. The highest BCUT2D eigenvalue weighted by atomic mass is 16.3. The van der Waals surface area contributed by atoms with Crippen LogP contribution in [0.5, 0.6) is 0 Å². The molecule has 0 saturated heterocycles. The zero-order chi connectivity index (χ0) is 16.1. The van der Waals surface area contributed by atoms with Crippen molar-refractivity contribution in [2.45, 2.75) is 32.6 Å². The fourth-order valence-corrected chi connectivity index (χ4v) is 3.67. The molecule has 4 aromatic rings. The van der Waals surface area contributed by atoms with Crippen LogP contribution in [0.2, 0.25) is 0 Å². The molecule has 1 aliphatic rings. The van der Waals surface area contributed by atoms with Gasteiger partial charge in [-0.2, -0.15) is 0 Å². The minimum atomic E-state index is 0.636. The Bertz CT molecular complexity index is 1080. The summed E-state index contributed by atoms with van der Waals surface area (Å²) in [5.74, 6) is 0.